The highest BCUT2D eigenvalue weighted by atomic mass is 35.5. The van der Waals surface area contributed by atoms with Crippen LogP contribution < -0.4 is 4.90 Å². The fraction of sp³-hybridized carbons (Fsp3) is 0.409. The van der Waals surface area contributed by atoms with Crippen molar-refractivity contribution in [2.24, 2.45) is 0 Å². The number of nitrogens with zero attached hydrogens (tertiary/aromatic N) is 3. The lowest BCUT2D eigenvalue weighted by Crippen LogP contribution is -2.48. The van der Waals surface area contributed by atoms with Gasteiger partial charge >= 0.3 is 0 Å². The van der Waals surface area contributed by atoms with Gasteiger partial charge in [0.25, 0.3) is 5.91 Å². The SMILES string of the molecule is Cc1ccc(C(=O)N2CCN(c3ccc(Cl)cc3)CC2)cc1S(=O)(=O)N1CCOCC1. The van der Waals surface area contributed by atoms with Gasteiger partial charge in [-0.1, -0.05) is 17.7 Å². The van der Waals surface area contributed by atoms with Gasteiger partial charge in [0.2, 0.25) is 10.0 Å². The maximum absolute atomic E-state index is 13.1. The Balaban J connectivity index is 1.48. The van der Waals surface area contributed by atoms with Gasteiger partial charge in [0.05, 0.1) is 18.1 Å². The molecule has 31 heavy (non-hydrogen) atoms. The molecule has 2 aliphatic heterocycles. The van der Waals surface area contributed by atoms with E-state index in [1.165, 1.54) is 10.4 Å². The van der Waals surface area contributed by atoms with Crippen LogP contribution in [0.15, 0.2) is 47.4 Å². The number of halogens is 1. The molecule has 2 aliphatic rings. The number of morpholine rings is 1. The van der Waals surface area contributed by atoms with E-state index in [9.17, 15) is 13.2 Å². The normalized spacial score (nSPS) is 18.3. The van der Waals surface area contributed by atoms with Gasteiger partial charge in [0, 0.05) is 55.5 Å². The second kappa shape index (κ2) is 9.16. The Morgan fingerprint density at radius 2 is 1.58 bits per heavy atom. The standard InChI is InChI=1S/C22H26ClN3O4S/c1-17-2-3-18(16-21(17)31(28,29)26-12-14-30-15-13-26)22(27)25-10-8-24(9-11-25)20-6-4-19(23)5-7-20/h2-7,16H,8-15H2,1H3. The van der Waals surface area contributed by atoms with Gasteiger partial charge < -0.3 is 14.5 Å². The van der Waals surface area contributed by atoms with Crippen LogP contribution in [0.4, 0.5) is 5.69 Å². The molecular weight excluding hydrogens is 438 g/mol. The summed E-state index contributed by atoms with van der Waals surface area (Å²) < 4.78 is 32.9. The Labute approximate surface area is 188 Å². The molecule has 1 amide bonds. The summed E-state index contributed by atoms with van der Waals surface area (Å²) in [6, 6.07) is 12.6. The highest BCUT2D eigenvalue weighted by Gasteiger charge is 2.29. The van der Waals surface area contributed by atoms with Crippen LogP contribution in [0.2, 0.25) is 5.02 Å². The van der Waals surface area contributed by atoms with E-state index < -0.39 is 10.0 Å². The van der Waals surface area contributed by atoms with E-state index in [1.54, 1.807) is 24.0 Å². The van der Waals surface area contributed by atoms with Crippen LogP contribution in [0.1, 0.15) is 15.9 Å². The Hall–Kier alpha value is -2.13. The fourth-order valence-electron chi connectivity index (χ4n) is 3.94. The molecule has 0 unspecified atom stereocenters. The first kappa shape index (κ1) is 22.1. The predicted molar refractivity (Wildman–Crippen MR) is 120 cm³/mol. The molecule has 0 radical (unpaired) electrons. The van der Waals surface area contributed by atoms with Crippen LogP contribution in [-0.4, -0.2) is 76.0 Å². The molecule has 2 saturated heterocycles. The first-order valence-corrected chi connectivity index (χ1v) is 12.2. The number of benzene rings is 2. The maximum atomic E-state index is 13.1. The number of piperazine rings is 1. The average Bonchev–Trinajstić information content (AvgIpc) is 2.80. The molecule has 0 aromatic heterocycles. The number of ether oxygens (including phenoxy) is 1. The molecule has 2 aromatic rings. The van der Waals surface area contributed by atoms with Crippen molar-refractivity contribution < 1.29 is 17.9 Å². The van der Waals surface area contributed by atoms with Crippen LogP contribution in [0.25, 0.3) is 0 Å². The molecule has 166 valence electrons. The molecule has 7 nitrogen and oxygen atoms in total. The summed E-state index contributed by atoms with van der Waals surface area (Å²) in [6.45, 7) is 5.73. The second-order valence-corrected chi connectivity index (χ2v) is 10.1. The average molecular weight is 464 g/mol. The van der Waals surface area contributed by atoms with Crippen LogP contribution in [0, 0.1) is 6.92 Å². The first-order valence-electron chi connectivity index (χ1n) is 10.3. The van der Waals surface area contributed by atoms with Crippen molar-refractivity contribution in [1.29, 1.82) is 0 Å². The first-order chi connectivity index (χ1) is 14.9. The van der Waals surface area contributed by atoms with Gasteiger partial charge in [-0.3, -0.25) is 4.79 Å². The van der Waals surface area contributed by atoms with Crippen molar-refractivity contribution in [2.45, 2.75) is 11.8 Å². The van der Waals surface area contributed by atoms with E-state index >= 15 is 0 Å². The van der Waals surface area contributed by atoms with E-state index in [-0.39, 0.29) is 10.8 Å². The topological polar surface area (TPSA) is 70.2 Å². The second-order valence-electron chi connectivity index (χ2n) is 7.75. The Bertz CT molecular complexity index is 1040. The minimum Gasteiger partial charge on any atom is -0.379 e. The zero-order valence-corrected chi connectivity index (χ0v) is 19.0. The van der Waals surface area contributed by atoms with Gasteiger partial charge in [-0.25, -0.2) is 8.42 Å². The zero-order chi connectivity index (χ0) is 22.0. The summed E-state index contributed by atoms with van der Waals surface area (Å²) >= 11 is 5.97. The van der Waals surface area contributed by atoms with E-state index in [1.807, 2.05) is 24.3 Å². The van der Waals surface area contributed by atoms with Crippen LogP contribution in [0.3, 0.4) is 0 Å². The third-order valence-corrected chi connectivity index (χ3v) is 8.07. The van der Waals surface area contributed by atoms with Crippen LogP contribution >= 0.6 is 11.6 Å². The maximum Gasteiger partial charge on any atom is 0.254 e. The van der Waals surface area contributed by atoms with E-state index in [2.05, 4.69) is 4.90 Å². The Kier molecular flexibility index (Phi) is 6.52. The van der Waals surface area contributed by atoms with Crippen molar-refractivity contribution >= 4 is 33.2 Å². The number of aryl methyl sites for hydroxylation is 1. The van der Waals surface area contributed by atoms with Gasteiger partial charge in [0.1, 0.15) is 0 Å². The highest BCUT2D eigenvalue weighted by molar-refractivity contribution is 7.89. The predicted octanol–water partition coefficient (Wildman–Crippen LogP) is 2.63. The molecule has 2 fully saturated rings. The van der Waals surface area contributed by atoms with E-state index in [4.69, 9.17) is 16.3 Å². The molecule has 4 rings (SSSR count). The molecule has 0 saturated carbocycles. The minimum atomic E-state index is -3.66. The number of carbonyl (C=O) groups excluding carboxylic acids is 1. The van der Waals surface area contributed by atoms with Crippen molar-refractivity contribution in [2.75, 3.05) is 57.4 Å². The Morgan fingerprint density at radius 3 is 2.23 bits per heavy atom. The van der Waals surface area contributed by atoms with E-state index in [0.29, 0.717) is 68.6 Å². The number of amides is 1. The number of sulfonamides is 1. The molecule has 0 bridgehead atoms. The van der Waals surface area contributed by atoms with Gasteiger partial charge in [-0.05, 0) is 48.9 Å². The molecule has 0 N–H and O–H groups in total. The molecule has 9 heteroatoms. The summed E-state index contributed by atoms with van der Waals surface area (Å²) in [6.07, 6.45) is 0. The lowest BCUT2D eigenvalue weighted by atomic mass is 10.1. The summed E-state index contributed by atoms with van der Waals surface area (Å²) in [5, 5.41) is 0.694. The molecule has 2 aromatic carbocycles. The van der Waals surface area contributed by atoms with E-state index in [0.717, 1.165) is 5.69 Å². The smallest absolute Gasteiger partial charge is 0.254 e. The van der Waals surface area contributed by atoms with Gasteiger partial charge in [0.15, 0.2) is 0 Å². The van der Waals surface area contributed by atoms with Crippen molar-refractivity contribution in [3.8, 4) is 0 Å². The summed E-state index contributed by atoms with van der Waals surface area (Å²) in [5.74, 6) is -0.144. The number of rotatable bonds is 4. The largest absolute Gasteiger partial charge is 0.379 e. The lowest BCUT2D eigenvalue weighted by Gasteiger charge is -2.36. The highest BCUT2D eigenvalue weighted by Crippen LogP contribution is 2.24. The number of carbonyl (C=O) groups is 1. The van der Waals surface area contributed by atoms with Crippen LogP contribution in [0.5, 0.6) is 0 Å². The molecular formula is C22H26ClN3O4S. The summed E-state index contributed by atoms with van der Waals surface area (Å²) in [7, 11) is -3.66. The number of hydrogen-bond acceptors (Lipinski definition) is 5. The van der Waals surface area contributed by atoms with Crippen LogP contribution in [-0.2, 0) is 14.8 Å². The Morgan fingerprint density at radius 1 is 0.935 bits per heavy atom. The summed E-state index contributed by atoms with van der Waals surface area (Å²) in [5.41, 5.74) is 2.11. The minimum absolute atomic E-state index is 0.144. The molecule has 0 spiro atoms. The van der Waals surface area contributed by atoms with Crippen molar-refractivity contribution in [1.82, 2.24) is 9.21 Å². The molecule has 2 heterocycles. The summed E-state index contributed by atoms with van der Waals surface area (Å²) in [4.78, 5) is 17.3. The number of hydrogen-bond donors (Lipinski definition) is 0. The fourth-order valence-corrected chi connectivity index (χ4v) is 5.72. The monoisotopic (exact) mass is 463 g/mol. The van der Waals surface area contributed by atoms with Gasteiger partial charge in [-0.2, -0.15) is 4.31 Å². The molecule has 0 atom stereocenters. The zero-order valence-electron chi connectivity index (χ0n) is 17.5. The third-order valence-electron chi connectivity index (χ3n) is 5.78. The third kappa shape index (κ3) is 4.72. The molecule has 0 aliphatic carbocycles. The number of anilines is 1. The quantitative estimate of drug-likeness (QED) is 0.697. The van der Waals surface area contributed by atoms with Gasteiger partial charge in [-0.15, -0.1) is 0 Å². The van der Waals surface area contributed by atoms with Crippen molar-refractivity contribution in [3.05, 3.63) is 58.6 Å². The lowest BCUT2D eigenvalue weighted by molar-refractivity contribution is 0.0729. The van der Waals surface area contributed by atoms with Crippen molar-refractivity contribution in [3.63, 3.8) is 0 Å².